The van der Waals surface area contributed by atoms with Crippen LogP contribution in [0, 0.1) is 0 Å². The smallest absolute Gasteiger partial charge is 0.244 e. The molecule has 0 unspecified atom stereocenters. The Kier molecular flexibility index (Phi) is 7.17. The fourth-order valence-corrected chi connectivity index (χ4v) is 2.26. The number of amides is 2. The van der Waals surface area contributed by atoms with Crippen LogP contribution in [0.25, 0.3) is 0 Å². The lowest BCUT2D eigenvalue weighted by Crippen LogP contribution is -2.22. The largest absolute Gasteiger partial charge is 0.497 e. The molecule has 0 aliphatic heterocycles. The Hall–Kier alpha value is -2.86. The van der Waals surface area contributed by atoms with E-state index in [9.17, 15) is 9.59 Å². The summed E-state index contributed by atoms with van der Waals surface area (Å²) in [5, 5.41) is 7.33. The van der Waals surface area contributed by atoms with E-state index in [0.29, 0.717) is 22.2 Å². The van der Waals surface area contributed by atoms with Gasteiger partial charge in [0, 0.05) is 16.4 Å². The van der Waals surface area contributed by atoms with Gasteiger partial charge in [0.05, 0.1) is 20.0 Å². The number of nitrogens with zero attached hydrogens (tertiary/aromatic N) is 1. The minimum absolute atomic E-state index is 0.0766. The Bertz CT molecular complexity index is 787. The van der Waals surface area contributed by atoms with Crippen LogP contribution in [0.3, 0.4) is 0 Å². The van der Waals surface area contributed by atoms with E-state index >= 15 is 0 Å². The molecule has 0 aromatic heterocycles. The van der Waals surface area contributed by atoms with Crippen LogP contribution < -0.4 is 15.5 Å². The third-order valence-corrected chi connectivity index (χ3v) is 3.69. The van der Waals surface area contributed by atoms with Gasteiger partial charge in [-0.15, -0.1) is 0 Å². The zero-order chi connectivity index (χ0) is 18.9. The van der Waals surface area contributed by atoms with E-state index in [-0.39, 0.29) is 24.7 Å². The fourth-order valence-electron chi connectivity index (χ4n) is 2.14. The van der Waals surface area contributed by atoms with Crippen LogP contribution >= 0.6 is 11.6 Å². The SMILES string of the molecule is COc1ccc(NC(=O)CC(C)=NNC(=O)Cc2ccc(Cl)cc2)cc1. The Labute approximate surface area is 157 Å². The number of methoxy groups -OCH3 is 1. The molecule has 0 fully saturated rings. The molecule has 0 saturated carbocycles. The first kappa shape index (κ1) is 19.5. The minimum atomic E-state index is -0.262. The van der Waals surface area contributed by atoms with Crippen molar-refractivity contribution < 1.29 is 14.3 Å². The summed E-state index contributed by atoms with van der Waals surface area (Å²) in [6.07, 6.45) is 0.263. The Morgan fingerprint density at radius 1 is 1.04 bits per heavy atom. The summed E-state index contributed by atoms with van der Waals surface area (Å²) in [5.41, 5.74) is 4.44. The van der Waals surface area contributed by atoms with Gasteiger partial charge < -0.3 is 10.1 Å². The monoisotopic (exact) mass is 373 g/mol. The summed E-state index contributed by atoms with van der Waals surface area (Å²) in [6.45, 7) is 1.68. The summed E-state index contributed by atoms with van der Waals surface area (Å²) in [5.74, 6) is 0.231. The van der Waals surface area contributed by atoms with E-state index in [1.165, 1.54) is 0 Å². The molecule has 6 nitrogen and oxygen atoms in total. The second-order valence-corrected chi connectivity index (χ2v) is 6.08. The van der Waals surface area contributed by atoms with Gasteiger partial charge >= 0.3 is 0 Å². The van der Waals surface area contributed by atoms with Gasteiger partial charge in [0.15, 0.2) is 0 Å². The maximum atomic E-state index is 12.0. The average Bonchev–Trinajstić information content (AvgIpc) is 2.62. The molecule has 0 aliphatic rings. The van der Waals surface area contributed by atoms with Crippen molar-refractivity contribution >= 4 is 34.8 Å². The van der Waals surface area contributed by atoms with E-state index in [0.717, 1.165) is 5.56 Å². The normalized spacial score (nSPS) is 11.0. The van der Waals surface area contributed by atoms with Gasteiger partial charge in [-0.25, -0.2) is 5.43 Å². The van der Waals surface area contributed by atoms with E-state index in [4.69, 9.17) is 16.3 Å². The van der Waals surface area contributed by atoms with Crippen molar-refractivity contribution in [1.29, 1.82) is 0 Å². The first-order valence-electron chi connectivity index (χ1n) is 7.96. The predicted molar refractivity (Wildman–Crippen MR) is 103 cm³/mol. The Balaban J connectivity index is 1.79. The van der Waals surface area contributed by atoms with Gasteiger partial charge in [-0.1, -0.05) is 23.7 Å². The Morgan fingerprint density at radius 2 is 1.69 bits per heavy atom. The molecule has 2 N–H and O–H groups in total. The van der Waals surface area contributed by atoms with Crippen LogP contribution in [0.2, 0.25) is 5.02 Å². The molecule has 0 spiro atoms. The van der Waals surface area contributed by atoms with Gasteiger partial charge in [-0.3, -0.25) is 9.59 Å². The maximum absolute atomic E-state index is 12.0. The standard InChI is InChI=1S/C19H20ClN3O3/c1-13(11-18(24)21-16-7-9-17(26-2)10-8-16)22-23-19(25)12-14-3-5-15(20)6-4-14/h3-10H,11-12H2,1-2H3,(H,21,24)(H,23,25). The molecule has 2 rings (SSSR count). The zero-order valence-electron chi connectivity index (χ0n) is 14.6. The molecule has 0 heterocycles. The van der Waals surface area contributed by atoms with Crippen LogP contribution in [-0.4, -0.2) is 24.6 Å². The van der Waals surface area contributed by atoms with E-state index in [1.807, 2.05) is 0 Å². The number of rotatable bonds is 7. The average molecular weight is 374 g/mol. The lowest BCUT2D eigenvalue weighted by atomic mass is 10.1. The van der Waals surface area contributed by atoms with Crippen molar-refractivity contribution in [3.63, 3.8) is 0 Å². The maximum Gasteiger partial charge on any atom is 0.244 e. The third kappa shape index (κ3) is 6.57. The molecule has 26 heavy (non-hydrogen) atoms. The molecule has 2 aromatic rings. The predicted octanol–water partition coefficient (Wildman–Crippen LogP) is 3.41. The van der Waals surface area contributed by atoms with Crippen molar-refractivity contribution in [3.8, 4) is 5.75 Å². The van der Waals surface area contributed by atoms with E-state index in [2.05, 4.69) is 15.8 Å². The van der Waals surface area contributed by atoms with E-state index < -0.39 is 0 Å². The zero-order valence-corrected chi connectivity index (χ0v) is 15.3. The topological polar surface area (TPSA) is 79.8 Å². The molecule has 0 radical (unpaired) electrons. The second kappa shape index (κ2) is 9.58. The first-order valence-corrected chi connectivity index (χ1v) is 8.34. The van der Waals surface area contributed by atoms with Gasteiger partial charge in [-0.2, -0.15) is 5.10 Å². The summed E-state index contributed by atoms with van der Waals surface area (Å²) >= 11 is 5.81. The first-order chi connectivity index (χ1) is 12.5. The number of anilines is 1. The number of benzene rings is 2. The van der Waals surface area contributed by atoms with Crippen molar-refractivity contribution in [1.82, 2.24) is 5.43 Å². The van der Waals surface area contributed by atoms with Crippen LogP contribution in [-0.2, 0) is 16.0 Å². The number of ether oxygens (including phenoxy) is 1. The van der Waals surface area contributed by atoms with Crippen LogP contribution in [0.5, 0.6) is 5.75 Å². The number of nitrogens with one attached hydrogen (secondary N) is 2. The van der Waals surface area contributed by atoms with Gasteiger partial charge in [0.2, 0.25) is 11.8 Å². The highest BCUT2D eigenvalue weighted by Gasteiger charge is 2.07. The highest BCUT2D eigenvalue weighted by Crippen LogP contribution is 2.15. The Morgan fingerprint density at radius 3 is 2.31 bits per heavy atom. The molecule has 136 valence electrons. The lowest BCUT2D eigenvalue weighted by Gasteiger charge is -2.06. The number of carbonyl (C=O) groups is 2. The summed E-state index contributed by atoms with van der Waals surface area (Å²) in [7, 11) is 1.58. The van der Waals surface area contributed by atoms with Crippen molar-refractivity contribution in [2.45, 2.75) is 19.8 Å². The van der Waals surface area contributed by atoms with Crippen LogP contribution in [0.15, 0.2) is 53.6 Å². The molecule has 0 bridgehead atoms. The highest BCUT2D eigenvalue weighted by molar-refractivity contribution is 6.30. The minimum Gasteiger partial charge on any atom is -0.497 e. The highest BCUT2D eigenvalue weighted by atomic mass is 35.5. The van der Waals surface area contributed by atoms with Gasteiger partial charge in [-0.05, 0) is 48.9 Å². The van der Waals surface area contributed by atoms with Crippen molar-refractivity contribution in [2.24, 2.45) is 5.10 Å². The molecule has 2 amide bonds. The van der Waals surface area contributed by atoms with Gasteiger partial charge in [0.25, 0.3) is 0 Å². The second-order valence-electron chi connectivity index (χ2n) is 5.64. The number of hydrogen-bond donors (Lipinski definition) is 2. The number of hydrazone groups is 1. The summed E-state index contributed by atoms with van der Waals surface area (Å²) in [4.78, 5) is 23.9. The number of carbonyl (C=O) groups excluding carboxylic acids is 2. The molecule has 2 aromatic carbocycles. The molecular weight excluding hydrogens is 354 g/mol. The molecule has 7 heteroatoms. The fraction of sp³-hybridized carbons (Fsp3) is 0.211. The van der Waals surface area contributed by atoms with Crippen LogP contribution in [0.4, 0.5) is 5.69 Å². The summed E-state index contributed by atoms with van der Waals surface area (Å²) in [6, 6.07) is 14.0. The molecule has 0 saturated heterocycles. The number of halogens is 1. The quantitative estimate of drug-likeness (QED) is 0.576. The van der Waals surface area contributed by atoms with Crippen molar-refractivity contribution in [2.75, 3.05) is 12.4 Å². The summed E-state index contributed by atoms with van der Waals surface area (Å²) < 4.78 is 5.06. The van der Waals surface area contributed by atoms with E-state index in [1.54, 1.807) is 62.6 Å². The number of hydrogen-bond acceptors (Lipinski definition) is 4. The third-order valence-electron chi connectivity index (χ3n) is 3.44. The lowest BCUT2D eigenvalue weighted by molar-refractivity contribution is -0.120. The molecule has 0 aliphatic carbocycles. The van der Waals surface area contributed by atoms with Gasteiger partial charge in [0.1, 0.15) is 5.75 Å². The van der Waals surface area contributed by atoms with Crippen molar-refractivity contribution in [3.05, 3.63) is 59.1 Å². The van der Waals surface area contributed by atoms with Crippen LogP contribution in [0.1, 0.15) is 18.9 Å². The molecule has 0 atom stereocenters. The molecular formula is C19H20ClN3O3.